The fourth-order valence-electron chi connectivity index (χ4n) is 2.27. The molecular formula is C16H15N3O2S2. The van der Waals surface area contributed by atoms with Crippen LogP contribution in [0.2, 0.25) is 0 Å². The molecule has 1 N–H and O–H groups in total. The molecular weight excluding hydrogens is 330 g/mol. The van der Waals surface area contributed by atoms with Crippen LogP contribution in [0.25, 0.3) is 4.96 Å². The van der Waals surface area contributed by atoms with E-state index in [-0.39, 0.29) is 11.1 Å². The van der Waals surface area contributed by atoms with E-state index in [1.165, 1.54) is 33.7 Å². The summed E-state index contributed by atoms with van der Waals surface area (Å²) in [7, 11) is 0. The van der Waals surface area contributed by atoms with E-state index < -0.39 is 5.91 Å². The van der Waals surface area contributed by atoms with Gasteiger partial charge in [-0.3, -0.25) is 14.0 Å². The van der Waals surface area contributed by atoms with E-state index in [0.717, 1.165) is 15.5 Å². The normalized spacial score (nSPS) is 10.9. The monoisotopic (exact) mass is 345 g/mol. The minimum absolute atomic E-state index is 0.0410. The maximum Gasteiger partial charge on any atom is 0.271 e. The zero-order valence-corrected chi connectivity index (χ0v) is 14.5. The average molecular weight is 345 g/mol. The summed E-state index contributed by atoms with van der Waals surface area (Å²) in [5.41, 5.74) is 1.21. The molecule has 0 aliphatic heterocycles. The van der Waals surface area contributed by atoms with Gasteiger partial charge in [0, 0.05) is 21.7 Å². The number of aromatic nitrogens is 2. The Morgan fingerprint density at radius 3 is 2.78 bits per heavy atom. The third kappa shape index (κ3) is 2.77. The van der Waals surface area contributed by atoms with Gasteiger partial charge in [-0.15, -0.1) is 23.1 Å². The summed E-state index contributed by atoms with van der Waals surface area (Å²) >= 11 is 2.97. The Kier molecular flexibility index (Phi) is 4.23. The molecule has 23 heavy (non-hydrogen) atoms. The highest BCUT2D eigenvalue weighted by atomic mass is 32.2. The number of anilines is 1. The number of aryl methyl sites for hydroxylation is 2. The lowest BCUT2D eigenvalue weighted by Gasteiger charge is -2.09. The third-order valence-corrected chi connectivity index (χ3v) is 5.49. The number of thiazole rings is 1. The van der Waals surface area contributed by atoms with Crippen LogP contribution >= 0.6 is 23.1 Å². The Bertz CT molecular complexity index is 960. The van der Waals surface area contributed by atoms with Gasteiger partial charge in [0.15, 0.2) is 4.96 Å². The van der Waals surface area contributed by atoms with Gasteiger partial charge in [-0.2, -0.15) is 0 Å². The average Bonchev–Trinajstić information content (AvgIpc) is 2.83. The number of amides is 1. The predicted octanol–water partition coefficient (Wildman–Crippen LogP) is 3.35. The summed E-state index contributed by atoms with van der Waals surface area (Å²) in [6.07, 6.45) is 3.29. The molecule has 2 heterocycles. The molecule has 0 saturated carbocycles. The van der Waals surface area contributed by atoms with Crippen LogP contribution in [0.15, 0.2) is 40.2 Å². The van der Waals surface area contributed by atoms with E-state index in [0.29, 0.717) is 10.6 Å². The molecule has 2 aromatic heterocycles. The van der Waals surface area contributed by atoms with E-state index in [9.17, 15) is 9.59 Å². The van der Waals surface area contributed by atoms with Crippen LogP contribution in [0.4, 0.5) is 5.69 Å². The van der Waals surface area contributed by atoms with Crippen LogP contribution in [0.3, 0.4) is 0 Å². The molecule has 1 amide bonds. The van der Waals surface area contributed by atoms with E-state index >= 15 is 0 Å². The van der Waals surface area contributed by atoms with Gasteiger partial charge in [-0.05, 0) is 32.2 Å². The van der Waals surface area contributed by atoms with Crippen LogP contribution < -0.4 is 10.9 Å². The Hall–Kier alpha value is -2.12. The van der Waals surface area contributed by atoms with Gasteiger partial charge >= 0.3 is 0 Å². The summed E-state index contributed by atoms with van der Waals surface area (Å²) < 4.78 is 1.50. The number of nitrogens with one attached hydrogen (secondary N) is 1. The van der Waals surface area contributed by atoms with Gasteiger partial charge in [0.25, 0.3) is 11.5 Å². The number of fused-ring (bicyclic) bond motifs is 1. The highest BCUT2D eigenvalue weighted by Crippen LogP contribution is 2.25. The van der Waals surface area contributed by atoms with E-state index in [1.807, 2.05) is 44.4 Å². The molecule has 0 saturated heterocycles. The molecule has 0 aliphatic carbocycles. The number of nitrogens with zero attached hydrogens (tertiary/aromatic N) is 2. The second-order valence-corrected chi connectivity index (χ2v) is 7.02. The first-order valence-electron chi connectivity index (χ1n) is 6.95. The summed E-state index contributed by atoms with van der Waals surface area (Å²) in [4.78, 5) is 31.9. The lowest BCUT2D eigenvalue weighted by atomic mass is 10.2. The topological polar surface area (TPSA) is 63.5 Å². The van der Waals surface area contributed by atoms with Crippen LogP contribution in [-0.2, 0) is 0 Å². The van der Waals surface area contributed by atoms with Gasteiger partial charge in [-0.25, -0.2) is 4.98 Å². The van der Waals surface area contributed by atoms with Crippen LogP contribution in [0, 0.1) is 13.8 Å². The summed E-state index contributed by atoms with van der Waals surface area (Å²) in [6, 6.07) is 7.48. The first-order valence-corrected chi connectivity index (χ1v) is 8.99. The fourth-order valence-corrected chi connectivity index (χ4v) is 3.75. The molecule has 5 nitrogen and oxygen atoms in total. The van der Waals surface area contributed by atoms with Crippen molar-refractivity contribution >= 4 is 39.7 Å². The van der Waals surface area contributed by atoms with Crippen molar-refractivity contribution in [3.63, 3.8) is 0 Å². The zero-order valence-electron chi connectivity index (χ0n) is 12.9. The van der Waals surface area contributed by atoms with Gasteiger partial charge in [0.05, 0.1) is 5.69 Å². The molecule has 118 valence electrons. The maximum atomic E-state index is 12.6. The summed E-state index contributed by atoms with van der Waals surface area (Å²) in [6.45, 7) is 3.79. The van der Waals surface area contributed by atoms with Crippen molar-refractivity contribution in [2.24, 2.45) is 0 Å². The number of hydrogen-bond acceptors (Lipinski definition) is 5. The number of thioether (sulfide) groups is 1. The first kappa shape index (κ1) is 15.8. The van der Waals surface area contributed by atoms with Crippen LogP contribution in [0.1, 0.15) is 20.9 Å². The number of benzene rings is 1. The quantitative estimate of drug-likeness (QED) is 0.740. The van der Waals surface area contributed by atoms with Crippen molar-refractivity contribution in [3.8, 4) is 0 Å². The molecule has 7 heteroatoms. The van der Waals surface area contributed by atoms with E-state index in [1.54, 1.807) is 0 Å². The van der Waals surface area contributed by atoms with Gasteiger partial charge in [0.2, 0.25) is 0 Å². The van der Waals surface area contributed by atoms with Crippen molar-refractivity contribution < 1.29 is 4.79 Å². The summed E-state index contributed by atoms with van der Waals surface area (Å²) in [5.74, 6) is -0.443. The van der Waals surface area contributed by atoms with Gasteiger partial charge < -0.3 is 5.32 Å². The molecule has 0 radical (unpaired) electrons. The Balaban J connectivity index is 2.03. The lowest BCUT2D eigenvalue weighted by molar-refractivity contribution is 0.102. The van der Waals surface area contributed by atoms with E-state index in [4.69, 9.17) is 0 Å². The van der Waals surface area contributed by atoms with Crippen molar-refractivity contribution in [2.75, 3.05) is 11.6 Å². The number of carbonyl (C=O) groups excluding carboxylic acids is 1. The molecule has 0 atom stereocenters. The zero-order chi connectivity index (χ0) is 16.6. The second kappa shape index (κ2) is 6.17. The van der Waals surface area contributed by atoms with Crippen molar-refractivity contribution in [1.82, 2.24) is 9.38 Å². The Morgan fingerprint density at radius 1 is 1.30 bits per heavy atom. The number of rotatable bonds is 3. The summed E-state index contributed by atoms with van der Waals surface area (Å²) in [5, 5.41) is 2.80. The Morgan fingerprint density at radius 2 is 2.04 bits per heavy atom. The minimum atomic E-state index is -0.443. The highest BCUT2D eigenvalue weighted by Gasteiger charge is 2.17. The lowest BCUT2D eigenvalue weighted by Crippen LogP contribution is -2.26. The molecule has 3 rings (SSSR count). The van der Waals surface area contributed by atoms with Crippen LogP contribution in [0.5, 0.6) is 0 Å². The molecule has 0 aliphatic rings. The minimum Gasteiger partial charge on any atom is -0.321 e. The number of carbonyl (C=O) groups is 1. The molecule has 3 aromatic rings. The van der Waals surface area contributed by atoms with Crippen molar-refractivity contribution in [2.45, 2.75) is 18.7 Å². The Labute approximate surface area is 141 Å². The predicted molar refractivity (Wildman–Crippen MR) is 95.0 cm³/mol. The smallest absolute Gasteiger partial charge is 0.271 e. The highest BCUT2D eigenvalue weighted by molar-refractivity contribution is 7.98. The van der Waals surface area contributed by atoms with Gasteiger partial charge in [0.1, 0.15) is 5.56 Å². The standard InChI is InChI=1S/C16H15N3O2S2/c1-9-10(2)23-16-17-8-11(15(21)19(9)16)14(20)18-12-6-4-5-7-13(12)22-3/h4-8H,1-3H3,(H,18,20). The first-order chi connectivity index (χ1) is 11.0. The SMILES string of the molecule is CSc1ccccc1NC(=O)c1cnc2sc(C)c(C)n2c1=O. The van der Waals surface area contributed by atoms with Crippen molar-refractivity contribution in [3.05, 3.63) is 57.0 Å². The second-order valence-electron chi connectivity index (χ2n) is 4.99. The molecule has 0 unspecified atom stereocenters. The molecule has 0 spiro atoms. The number of para-hydroxylation sites is 1. The molecule has 0 bridgehead atoms. The fraction of sp³-hybridized carbons (Fsp3) is 0.188. The van der Waals surface area contributed by atoms with Crippen molar-refractivity contribution in [1.29, 1.82) is 0 Å². The maximum absolute atomic E-state index is 12.6. The van der Waals surface area contributed by atoms with Gasteiger partial charge in [-0.1, -0.05) is 12.1 Å². The largest absolute Gasteiger partial charge is 0.321 e. The molecule has 0 fully saturated rings. The van der Waals surface area contributed by atoms with Crippen LogP contribution in [-0.4, -0.2) is 21.5 Å². The molecule has 1 aromatic carbocycles. The third-order valence-electron chi connectivity index (χ3n) is 3.62. The number of hydrogen-bond donors (Lipinski definition) is 1. The van der Waals surface area contributed by atoms with E-state index in [2.05, 4.69) is 10.3 Å².